The van der Waals surface area contributed by atoms with E-state index in [1.807, 2.05) is 4.90 Å². The Balaban J connectivity index is 1.39. The van der Waals surface area contributed by atoms with E-state index in [0.717, 1.165) is 58.2 Å². The van der Waals surface area contributed by atoms with Gasteiger partial charge in [-0.1, -0.05) is 6.42 Å². The molecule has 3 aliphatic rings. The number of amides is 1. The second-order valence-electron chi connectivity index (χ2n) is 7.75. The fourth-order valence-electron chi connectivity index (χ4n) is 4.32. The van der Waals surface area contributed by atoms with Crippen molar-refractivity contribution in [3.05, 3.63) is 0 Å². The van der Waals surface area contributed by atoms with E-state index in [9.17, 15) is 14.7 Å². The van der Waals surface area contributed by atoms with Crippen LogP contribution in [0.2, 0.25) is 0 Å². The number of carbonyl (C=O) groups excluding carboxylic acids is 1. The minimum absolute atomic E-state index is 0.108. The molecule has 6 nitrogen and oxygen atoms in total. The highest BCUT2D eigenvalue weighted by atomic mass is 16.5. The molecule has 2 saturated heterocycles. The average molecular weight is 353 g/mol. The Labute approximate surface area is 149 Å². The Morgan fingerprint density at radius 3 is 2.44 bits per heavy atom. The van der Waals surface area contributed by atoms with Gasteiger partial charge in [-0.2, -0.15) is 0 Å². The molecule has 0 radical (unpaired) electrons. The van der Waals surface area contributed by atoms with Crippen molar-refractivity contribution >= 4 is 11.9 Å². The first-order chi connectivity index (χ1) is 12.1. The number of carboxylic acid groups (broad SMARTS) is 1. The number of aliphatic carboxylic acids is 1. The standard InChI is InChI=1S/C19H31NO5/c21-18(14-4-3-5-15(12-14)19(22)23)20-9-7-16(8-10-20)25-13-17-6-1-2-11-24-17/h14-17H,1-13H2,(H,22,23). The van der Waals surface area contributed by atoms with Crippen LogP contribution in [0, 0.1) is 11.8 Å². The van der Waals surface area contributed by atoms with Gasteiger partial charge < -0.3 is 19.5 Å². The fourth-order valence-corrected chi connectivity index (χ4v) is 4.32. The van der Waals surface area contributed by atoms with Crippen molar-refractivity contribution in [2.45, 2.75) is 70.0 Å². The van der Waals surface area contributed by atoms with Crippen LogP contribution in [0.5, 0.6) is 0 Å². The van der Waals surface area contributed by atoms with Crippen LogP contribution in [0.4, 0.5) is 0 Å². The van der Waals surface area contributed by atoms with Crippen molar-refractivity contribution in [1.29, 1.82) is 0 Å². The Kier molecular flexibility index (Phi) is 6.70. The summed E-state index contributed by atoms with van der Waals surface area (Å²) in [5.41, 5.74) is 0. The van der Waals surface area contributed by atoms with Crippen molar-refractivity contribution in [1.82, 2.24) is 4.90 Å². The molecule has 2 heterocycles. The molecule has 0 spiro atoms. The molecule has 1 saturated carbocycles. The highest BCUT2D eigenvalue weighted by Crippen LogP contribution is 2.31. The normalized spacial score (nSPS) is 31.7. The molecule has 25 heavy (non-hydrogen) atoms. The smallest absolute Gasteiger partial charge is 0.306 e. The molecule has 6 heteroatoms. The summed E-state index contributed by atoms with van der Waals surface area (Å²) in [5.74, 6) is -1.06. The zero-order valence-corrected chi connectivity index (χ0v) is 15.0. The van der Waals surface area contributed by atoms with E-state index >= 15 is 0 Å². The number of hydrogen-bond donors (Lipinski definition) is 1. The van der Waals surface area contributed by atoms with Crippen LogP contribution in [-0.2, 0) is 19.1 Å². The van der Waals surface area contributed by atoms with E-state index in [1.165, 1.54) is 6.42 Å². The van der Waals surface area contributed by atoms with Gasteiger partial charge in [0, 0.05) is 25.6 Å². The maximum Gasteiger partial charge on any atom is 0.306 e. The molecule has 2 aliphatic heterocycles. The van der Waals surface area contributed by atoms with Gasteiger partial charge in [-0.05, 0) is 51.4 Å². The second-order valence-corrected chi connectivity index (χ2v) is 7.75. The molecular formula is C19H31NO5. The number of carboxylic acids is 1. The zero-order chi connectivity index (χ0) is 17.6. The van der Waals surface area contributed by atoms with E-state index in [4.69, 9.17) is 9.47 Å². The molecule has 142 valence electrons. The first-order valence-electron chi connectivity index (χ1n) is 9.88. The van der Waals surface area contributed by atoms with E-state index in [-0.39, 0.29) is 30.0 Å². The molecule has 3 fully saturated rings. The maximum absolute atomic E-state index is 12.7. The van der Waals surface area contributed by atoms with Gasteiger partial charge in [0.05, 0.1) is 24.7 Å². The van der Waals surface area contributed by atoms with Gasteiger partial charge in [-0.3, -0.25) is 9.59 Å². The molecule has 0 bridgehead atoms. The number of piperidine rings is 1. The average Bonchev–Trinajstić information content (AvgIpc) is 2.67. The Hall–Kier alpha value is -1.14. The van der Waals surface area contributed by atoms with Crippen LogP contribution in [-0.4, -0.2) is 60.4 Å². The lowest BCUT2D eigenvalue weighted by Gasteiger charge is -2.36. The first kappa shape index (κ1) is 18.6. The highest BCUT2D eigenvalue weighted by molar-refractivity contribution is 5.80. The molecule has 3 atom stereocenters. The highest BCUT2D eigenvalue weighted by Gasteiger charge is 2.34. The van der Waals surface area contributed by atoms with Gasteiger partial charge >= 0.3 is 5.97 Å². The van der Waals surface area contributed by atoms with Gasteiger partial charge in [0.1, 0.15) is 0 Å². The third-order valence-corrected chi connectivity index (χ3v) is 5.92. The summed E-state index contributed by atoms with van der Waals surface area (Å²) < 4.78 is 11.7. The quantitative estimate of drug-likeness (QED) is 0.822. The SMILES string of the molecule is O=C(O)C1CCCC(C(=O)N2CCC(OCC3CCCCO3)CC2)C1. The molecule has 3 rings (SSSR count). The van der Waals surface area contributed by atoms with Crippen LogP contribution in [0.25, 0.3) is 0 Å². The van der Waals surface area contributed by atoms with Crippen LogP contribution >= 0.6 is 0 Å². The lowest BCUT2D eigenvalue weighted by atomic mass is 9.80. The molecule has 1 amide bonds. The van der Waals surface area contributed by atoms with E-state index in [1.54, 1.807) is 0 Å². The Morgan fingerprint density at radius 2 is 1.76 bits per heavy atom. The van der Waals surface area contributed by atoms with Crippen molar-refractivity contribution < 1.29 is 24.2 Å². The molecular weight excluding hydrogens is 322 g/mol. The lowest BCUT2D eigenvalue weighted by molar-refractivity contribution is -0.146. The molecule has 0 aromatic rings. The minimum atomic E-state index is -0.755. The number of rotatable bonds is 5. The van der Waals surface area contributed by atoms with Crippen LogP contribution in [0.15, 0.2) is 0 Å². The molecule has 3 unspecified atom stereocenters. The number of nitrogens with zero attached hydrogens (tertiary/aromatic N) is 1. The van der Waals surface area contributed by atoms with Crippen molar-refractivity contribution in [2.24, 2.45) is 11.8 Å². The van der Waals surface area contributed by atoms with Gasteiger partial charge in [0.25, 0.3) is 0 Å². The fraction of sp³-hybridized carbons (Fsp3) is 0.895. The summed E-state index contributed by atoms with van der Waals surface area (Å²) in [7, 11) is 0. The number of carbonyl (C=O) groups is 2. The summed E-state index contributed by atoms with van der Waals surface area (Å²) in [4.78, 5) is 25.8. The van der Waals surface area contributed by atoms with Crippen molar-refractivity contribution in [3.8, 4) is 0 Å². The van der Waals surface area contributed by atoms with Gasteiger partial charge in [0.15, 0.2) is 0 Å². The Bertz CT molecular complexity index is 455. The molecule has 1 N–H and O–H groups in total. The van der Waals surface area contributed by atoms with Gasteiger partial charge in [-0.25, -0.2) is 0 Å². The number of ether oxygens (including phenoxy) is 2. The summed E-state index contributed by atoms with van der Waals surface area (Å²) in [6.07, 6.45) is 8.54. The number of hydrogen-bond acceptors (Lipinski definition) is 4. The predicted molar refractivity (Wildman–Crippen MR) is 92.2 cm³/mol. The van der Waals surface area contributed by atoms with Gasteiger partial charge in [0.2, 0.25) is 5.91 Å². The summed E-state index contributed by atoms with van der Waals surface area (Å²) >= 11 is 0. The molecule has 0 aromatic heterocycles. The van der Waals surface area contributed by atoms with Crippen LogP contribution < -0.4 is 0 Å². The first-order valence-corrected chi connectivity index (χ1v) is 9.88. The Morgan fingerprint density at radius 1 is 1.00 bits per heavy atom. The van der Waals surface area contributed by atoms with Crippen molar-refractivity contribution in [3.63, 3.8) is 0 Å². The summed E-state index contributed by atoms with van der Waals surface area (Å²) in [6.45, 7) is 2.97. The lowest BCUT2D eigenvalue weighted by Crippen LogP contribution is -2.45. The predicted octanol–water partition coefficient (Wildman–Crippen LogP) is 2.45. The van der Waals surface area contributed by atoms with Gasteiger partial charge in [-0.15, -0.1) is 0 Å². The van der Waals surface area contributed by atoms with E-state index in [2.05, 4.69) is 0 Å². The summed E-state index contributed by atoms with van der Waals surface area (Å²) in [6, 6.07) is 0. The van der Waals surface area contributed by atoms with Crippen LogP contribution in [0.3, 0.4) is 0 Å². The second kappa shape index (κ2) is 8.99. The largest absolute Gasteiger partial charge is 0.481 e. The van der Waals surface area contributed by atoms with Crippen LogP contribution in [0.1, 0.15) is 57.8 Å². The topological polar surface area (TPSA) is 76.1 Å². The monoisotopic (exact) mass is 353 g/mol. The third kappa shape index (κ3) is 5.17. The van der Waals surface area contributed by atoms with Crippen molar-refractivity contribution in [2.75, 3.05) is 26.3 Å². The molecule has 1 aliphatic carbocycles. The van der Waals surface area contributed by atoms with E-state index in [0.29, 0.717) is 19.4 Å². The zero-order valence-electron chi connectivity index (χ0n) is 15.0. The third-order valence-electron chi connectivity index (χ3n) is 5.92. The number of likely N-dealkylation sites (tertiary alicyclic amines) is 1. The molecule has 0 aromatic carbocycles. The minimum Gasteiger partial charge on any atom is -0.481 e. The summed E-state index contributed by atoms with van der Waals surface area (Å²) in [5, 5.41) is 9.20. The van der Waals surface area contributed by atoms with E-state index < -0.39 is 5.97 Å². The maximum atomic E-state index is 12.7.